The van der Waals surface area contributed by atoms with E-state index in [1.165, 1.54) is 6.07 Å². The molecular weight excluding hydrogens is 152 g/mol. The molecule has 1 aromatic rings. The molecule has 0 amide bonds. The number of hydrogen-bond acceptors (Lipinski definition) is 1. The van der Waals surface area contributed by atoms with Gasteiger partial charge in [0.15, 0.2) is 0 Å². The van der Waals surface area contributed by atoms with E-state index in [4.69, 9.17) is 7.85 Å². The number of fused-ring (bicyclic) bond motifs is 1. The van der Waals surface area contributed by atoms with Crippen LogP contribution in [-0.2, 0) is 13.0 Å². The standard InChI is InChI=1S/C9H9BFN/c10-9-7-3-4-12-5-6(7)1-2-8(9)11/h1-2,12H,3-5H2. The highest BCUT2D eigenvalue weighted by Crippen LogP contribution is 2.11. The largest absolute Gasteiger partial charge is 0.312 e. The Hall–Kier alpha value is -0.825. The van der Waals surface area contributed by atoms with Crippen molar-refractivity contribution >= 4 is 13.3 Å². The normalized spacial score (nSPS) is 15.8. The van der Waals surface area contributed by atoms with Gasteiger partial charge in [-0.25, -0.2) is 4.39 Å². The molecule has 3 heteroatoms. The summed E-state index contributed by atoms with van der Waals surface area (Å²) in [6.45, 7) is 1.69. The predicted octanol–water partition coefficient (Wildman–Crippen LogP) is 0.265. The van der Waals surface area contributed by atoms with Crippen molar-refractivity contribution in [2.45, 2.75) is 13.0 Å². The van der Waals surface area contributed by atoms with Gasteiger partial charge in [0.1, 0.15) is 13.7 Å². The second kappa shape index (κ2) is 2.90. The van der Waals surface area contributed by atoms with E-state index >= 15 is 0 Å². The Bertz CT molecular complexity index is 312. The second-order valence-electron chi connectivity index (χ2n) is 3.03. The molecule has 0 fully saturated rings. The minimum absolute atomic E-state index is 0.296. The molecule has 0 unspecified atom stereocenters. The van der Waals surface area contributed by atoms with Crippen molar-refractivity contribution in [3.8, 4) is 0 Å². The number of rotatable bonds is 0. The van der Waals surface area contributed by atoms with Gasteiger partial charge in [0.25, 0.3) is 0 Å². The molecule has 0 atom stereocenters. The van der Waals surface area contributed by atoms with Gasteiger partial charge in [0.05, 0.1) is 0 Å². The van der Waals surface area contributed by atoms with Crippen LogP contribution in [0.5, 0.6) is 0 Å². The number of halogens is 1. The molecule has 0 aromatic heterocycles. The van der Waals surface area contributed by atoms with Crippen LogP contribution in [0.3, 0.4) is 0 Å². The molecule has 60 valence electrons. The lowest BCUT2D eigenvalue weighted by Crippen LogP contribution is -2.30. The third-order valence-electron chi connectivity index (χ3n) is 2.27. The summed E-state index contributed by atoms with van der Waals surface area (Å²) in [5.41, 5.74) is 2.43. The third kappa shape index (κ3) is 1.14. The minimum Gasteiger partial charge on any atom is -0.312 e. The summed E-state index contributed by atoms with van der Waals surface area (Å²) in [4.78, 5) is 0. The van der Waals surface area contributed by atoms with Gasteiger partial charge in [-0.05, 0) is 30.2 Å². The van der Waals surface area contributed by atoms with Crippen molar-refractivity contribution in [1.29, 1.82) is 0 Å². The Morgan fingerprint density at radius 2 is 2.25 bits per heavy atom. The zero-order valence-electron chi connectivity index (χ0n) is 6.73. The van der Waals surface area contributed by atoms with E-state index in [2.05, 4.69) is 5.32 Å². The van der Waals surface area contributed by atoms with Gasteiger partial charge >= 0.3 is 0 Å². The first-order chi connectivity index (χ1) is 5.79. The van der Waals surface area contributed by atoms with Gasteiger partial charge in [-0.1, -0.05) is 11.5 Å². The Kier molecular flexibility index (Phi) is 1.89. The second-order valence-corrected chi connectivity index (χ2v) is 3.03. The molecule has 12 heavy (non-hydrogen) atoms. The molecule has 1 heterocycles. The maximum Gasteiger partial charge on any atom is 0.118 e. The monoisotopic (exact) mass is 161 g/mol. The molecule has 0 saturated carbocycles. The van der Waals surface area contributed by atoms with Crippen molar-refractivity contribution in [1.82, 2.24) is 5.32 Å². The lowest BCUT2D eigenvalue weighted by molar-refractivity contribution is 0.615. The van der Waals surface area contributed by atoms with Gasteiger partial charge in [-0.15, -0.1) is 0 Å². The maximum atomic E-state index is 13.0. The highest BCUT2D eigenvalue weighted by atomic mass is 19.1. The van der Waals surface area contributed by atoms with Crippen LogP contribution in [0.2, 0.25) is 0 Å². The molecule has 0 saturated heterocycles. The van der Waals surface area contributed by atoms with Gasteiger partial charge in [0, 0.05) is 6.54 Å². The van der Waals surface area contributed by atoms with Crippen LogP contribution >= 0.6 is 0 Å². The molecule has 1 aliphatic rings. The van der Waals surface area contributed by atoms with Crippen molar-refractivity contribution in [2.24, 2.45) is 0 Å². The lowest BCUT2D eigenvalue weighted by atomic mass is 9.84. The van der Waals surface area contributed by atoms with Gasteiger partial charge in [0.2, 0.25) is 0 Å². The lowest BCUT2D eigenvalue weighted by Gasteiger charge is -2.19. The van der Waals surface area contributed by atoms with Crippen molar-refractivity contribution in [3.05, 3.63) is 29.1 Å². The minimum atomic E-state index is -0.296. The summed E-state index contributed by atoms with van der Waals surface area (Å²) < 4.78 is 13.0. The molecular formula is C9H9BFN. The topological polar surface area (TPSA) is 12.0 Å². The van der Waals surface area contributed by atoms with E-state index in [9.17, 15) is 4.39 Å². The number of benzene rings is 1. The maximum absolute atomic E-state index is 13.0. The van der Waals surface area contributed by atoms with Crippen LogP contribution in [0.1, 0.15) is 11.1 Å². The highest BCUT2D eigenvalue weighted by Gasteiger charge is 2.12. The van der Waals surface area contributed by atoms with Gasteiger partial charge in [-0.3, -0.25) is 0 Å². The molecule has 0 bridgehead atoms. The number of hydrogen-bond donors (Lipinski definition) is 1. The molecule has 0 spiro atoms. The summed E-state index contributed by atoms with van der Waals surface area (Å²) in [5.74, 6) is -0.296. The average molecular weight is 161 g/mol. The fourth-order valence-electron chi connectivity index (χ4n) is 1.58. The summed E-state index contributed by atoms with van der Waals surface area (Å²) in [5, 5.41) is 3.21. The summed E-state index contributed by atoms with van der Waals surface area (Å²) in [6.07, 6.45) is 0.832. The van der Waals surface area contributed by atoms with E-state index in [1.807, 2.05) is 0 Å². The van der Waals surface area contributed by atoms with E-state index in [0.29, 0.717) is 5.46 Å². The Labute approximate surface area is 72.4 Å². The van der Waals surface area contributed by atoms with Crippen LogP contribution in [0.15, 0.2) is 12.1 Å². The molecule has 2 rings (SSSR count). The smallest absolute Gasteiger partial charge is 0.118 e. The number of nitrogens with one attached hydrogen (secondary N) is 1. The van der Waals surface area contributed by atoms with E-state index in [-0.39, 0.29) is 5.82 Å². The van der Waals surface area contributed by atoms with Crippen LogP contribution in [0.4, 0.5) is 4.39 Å². The van der Waals surface area contributed by atoms with Crippen molar-refractivity contribution in [3.63, 3.8) is 0 Å². The van der Waals surface area contributed by atoms with Crippen molar-refractivity contribution in [2.75, 3.05) is 6.54 Å². The third-order valence-corrected chi connectivity index (χ3v) is 2.27. The SMILES string of the molecule is [B]c1c(F)ccc2c1CCNC2. The van der Waals surface area contributed by atoms with Crippen molar-refractivity contribution < 1.29 is 4.39 Å². The fraction of sp³-hybridized carbons (Fsp3) is 0.333. The average Bonchev–Trinajstić information content (AvgIpc) is 2.12. The first-order valence-corrected chi connectivity index (χ1v) is 4.05. The molecule has 2 radical (unpaired) electrons. The molecule has 1 N–H and O–H groups in total. The predicted molar refractivity (Wildman–Crippen MR) is 47.2 cm³/mol. The molecule has 0 aliphatic carbocycles. The zero-order valence-corrected chi connectivity index (χ0v) is 6.73. The summed E-state index contributed by atoms with van der Waals surface area (Å²) in [6, 6.07) is 3.23. The first-order valence-electron chi connectivity index (χ1n) is 4.05. The van der Waals surface area contributed by atoms with Crippen LogP contribution in [0.25, 0.3) is 0 Å². The van der Waals surface area contributed by atoms with Crippen LogP contribution in [0, 0.1) is 5.82 Å². The fourth-order valence-corrected chi connectivity index (χ4v) is 1.58. The van der Waals surface area contributed by atoms with Crippen LogP contribution in [-0.4, -0.2) is 14.4 Å². The quantitative estimate of drug-likeness (QED) is 0.538. The first kappa shape index (κ1) is 7.81. The van der Waals surface area contributed by atoms with Crippen LogP contribution < -0.4 is 10.8 Å². The van der Waals surface area contributed by atoms with E-state index in [1.54, 1.807) is 6.07 Å². The summed E-state index contributed by atoms with van der Waals surface area (Å²) in [7, 11) is 5.60. The highest BCUT2D eigenvalue weighted by molar-refractivity contribution is 6.33. The zero-order chi connectivity index (χ0) is 8.55. The van der Waals surface area contributed by atoms with E-state index in [0.717, 1.165) is 30.6 Å². The van der Waals surface area contributed by atoms with Gasteiger partial charge < -0.3 is 5.32 Å². The molecule has 1 aromatic carbocycles. The Balaban J connectivity index is 2.54. The van der Waals surface area contributed by atoms with E-state index < -0.39 is 0 Å². The summed E-state index contributed by atoms with van der Waals surface area (Å²) >= 11 is 0. The molecule has 1 nitrogen and oxygen atoms in total. The Morgan fingerprint density at radius 1 is 1.42 bits per heavy atom. The molecule has 1 aliphatic heterocycles. The van der Waals surface area contributed by atoms with Gasteiger partial charge in [-0.2, -0.15) is 0 Å². The Morgan fingerprint density at radius 3 is 3.08 bits per heavy atom.